The molecule has 1 aromatic heterocycles. The first kappa shape index (κ1) is 14.2. The number of anilines is 1. The van der Waals surface area contributed by atoms with Crippen LogP contribution < -0.4 is 5.73 Å². The molecule has 0 unspecified atom stereocenters. The molecular formula is C16H13BrN2OS. The first-order valence-electron chi connectivity index (χ1n) is 6.34. The standard InChI is InChI=1S/C16H13BrN2OS/c1-21-13-7-5-10(6-8-13)15-14(16(18)20-19-15)11-3-2-4-12(17)9-11/h2-9H,18H2,1H3. The summed E-state index contributed by atoms with van der Waals surface area (Å²) in [6.07, 6.45) is 2.05. The van der Waals surface area contributed by atoms with Crippen molar-refractivity contribution in [1.82, 2.24) is 5.16 Å². The maximum Gasteiger partial charge on any atom is 0.230 e. The van der Waals surface area contributed by atoms with E-state index >= 15 is 0 Å². The summed E-state index contributed by atoms with van der Waals surface area (Å²) in [7, 11) is 0. The number of hydrogen-bond acceptors (Lipinski definition) is 4. The molecule has 0 fully saturated rings. The van der Waals surface area contributed by atoms with Crippen LogP contribution in [0.1, 0.15) is 0 Å². The summed E-state index contributed by atoms with van der Waals surface area (Å²) in [4.78, 5) is 1.21. The second kappa shape index (κ2) is 5.95. The largest absolute Gasteiger partial charge is 0.367 e. The van der Waals surface area contributed by atoms with E-state index in [-0.39, 0.29) is 0 Å². The van der Waals surface area contributed by atoms with Gasteiger partial charge in [-0.3, -0.25) is 0 Å². The van der Waals surface area contributed by atoms with Crippen molar-refractivity contribution in [3.63, 3.8) is 0 Å². The molecular weight excluding hydrogens is 348 g/mol. The van der Waals surface area contributed by atoms with Gasteiger partial charge in [0.1, 0.15) is 5.69 Å². The van der Waals surface area contributed by atoms with Crippen molar-refractivity contribution < 1.29 is 4.52 Å². The highest BCUT2D eigenvalue weighted by Crippen LogP contribution is 2.37. The maximum atomic E-state index is 5.97. The molecule has 0 atom stereocenters. The molecule has 0 aliphatic rings. The Balaban J connectivity index is 2.12. The molecule has 0 amide bonds. The molecule has 2 N–H and O–H groups in total. The third kappa shape index (κ3) is 2.84. The third-order valence-electron chi connectivity index (χ3n) is 3.20. The van der Waals surface area contributed by atoms with Gasteiger partial charge in [-0.1, -0.05) is 45.4 Å². The molecule has 1 heterocycles. The minimum atomic E-state index is 0.331. The lowest BCUT2D eigenvalue weighted by Crippen LogP contribution is -1.88. The lowest BCUT2D eigenvalue weighted by Gasteiger charge is -2.04. The van der Waals surface area contributed by atoms with Gasteiger partial charge in [0.25, 0.3) is 0 Å². The van der Waals surface area contributed by atoms with E-state index in [4.69, 9.17) is 10.3 Å². The van der Waals surface area contributed by atoms with E-state index in [1.807, 2.05) is 36.4 Å². The number of nitrogens with two attached hydrogens (primary N) is 1. The molecule has 2 aromatic carbocycles. The summed E-state index contributed by atoms with van der Waals surface area (Å²) in [5.41, 5.74) is 9.53. The zero-order valence-electron chi connectivity index (χ0n) is 11.3. The molecule has 0 bridgehead atoms. The Morgan fingerprint density at radius 1 is 1.10 bits per heavy atom. The zero-order chi connectivity index (χ0) is 14.8. The van der Waals surface area contributed by atoms with Crippen molar-refractivity contribution in [3.8, 4) is 22.4 Å². The van der Waals surface area contributed by atoms with Crippen LogP contribution in [0.5, 0.6) is 0 Å². The summed E-state index contributed by atoms with van der Waals surface area (Å²) in [5, 5.41) is 4.13. The van der Waals surface area contributed by atoms with Crippen molar-refractivity contribution in [3.05, 3.63) is 53.0 Å². The van der Waals surface area contributed by atoms with Gasteiger partial charge >= 0.3 is 0 Å². The lowest BCUT2D eigenvalue weighted by molar-refractivity contribution is 0.439. The number of aromatic nitrogens is 1. The number of halogens is 1. The molecule has 0 saturated carbocycles. The van der Waals surface area contributed by atoms with Crippen LogP contribution in [0.15, 0.2) is 62.4 Å². The predicted molar refractivity (Wildman–Crippen MR) is 91.3 cm³/mol. The van der Waals surface area contributed by atoms with Gasteiger partial charge in [-0.25, -0.2) is 0 Å². The van der Waals surface area contributed by atoms with E-state index in [0.717, 1.165) is 26.9 Å². The van der Waals surface area contributed by atoms with Crippen LogP contribution in [0.25, 0.3) is 22.4 Å². The quantitative estimate of drug-likeness (QED) is 0.662. The first-order chi connectivity index (χ1) is 10.2. The summed E-state index contributed by atoms with van der Waals surface area (Å²) in [6, 6.07) is 16.1. The minimum absolute atomic E-state index is 0.331. The highest BCUT2D eigenvalue weighted by atomic mass is 79.9. The Hall–Kier alpha value is -1.72. The molecule has 0 saturated heterocycles. The highest BCUT2D eigenvalue weighted by molar-refractivity contribution is 9.10. The number of benzene rings is 2. The van der Waals surface area contributed by atoms with Crippen molar-refractivity contribution in [2.75, 3.05) is 12.0 Å². The zero-order valence-corrected chi connectivity index (χ0v) is 13.7. The fourth-order valence-electron chi connectivity index (χ4n) is 2.17. The Morgan fingerprint density at radius 2 is 1.86 bits per heavy atom. The van der Waals surface area contributed by atoms with E-state index in [9.17, 15) is 0 Å². The molecule has 106 valence electrons. The van der Waals surface area contributed by atoms with Crippen molar-refractivity contribution in [1.29, 1.82) is 0 Å². The Bertz CT molecular complexity index is 768. The van der Waals surface area contributed by atoms with E-state index in [1.54, 1.807) is 11.8 Å². The fraction of sp³-hybridized carbons (Fsp3) is 0.0625. The van der Waals surface area contributed by atoms with Gasteiger partial charge in [-0.2, -0.15) is 0 Å². The Morgan fingerprint density at radius 3 is 2.52 bits per heavy atom. The number of nitrogen functional groups attached to an aromatic ring is 1. The van der Waals surface area contributed by atoms with Crippen LogP contribution in [-0.4, -0.2) is 11.4 Å². The second-order valence-corrected chi connectivity index (χ2v) is 6.30. The molecule has 3 aromatic rings. The average Bonchev–Trinajstić information content (AvgIpc) is 2.89. The van der Waals surface area contributed by atoms with Gasteiger partial charge < -0.3 is 10.3 Å². The van der Waals surface area contributed by atoms with Gasteiger partial charge in [-0.05, 0) is 36.1 Å². The smallest absolute Gasteiger partial charge is 0.230 e. The number of thioether (sulfide) groups is 1. The molecule has 0 aliphatic carbocycles. The average molecular weight is 361 g/mol. The monoisotopic (exact) mass is 360 g/mol. The van der Waals surface area contributed by atoms with Gasteiger partial charge in [0.15, 0.2) is 0 Å². The maximum absolute atomic E-state index is 5.97. The topological polar surface area (TPSA) is 52.0 Å². The lowest BCUT2D eigenvalue weighted by atomic mass is 10.0. The molecule has 0 spiro atoms. The van der Waals surface area contributed by atoms with E-state index < -0.39 is 0 Å². The minimum Gasteiger partial charge on any atom is -0.367 e. The molecule has 3 nitrogen and oxygen atoms in total. The number of hydrogen-bond donors (Lipinski definition) is 1. The summed E-state index contributed by atoms with van der Waals surface area (Å²) < 4.78 is 6.20. The summed E-state index contributed by atoms with van der Waals surface area (Å²) in [5.74, 6) is 0.331. The van der Waals surface area contributed by atoms with E-state index in [0.29, 0.717) is 5.88 Å². The molecule has 21 heavy (non-hydrogen) atoms. The number of nitrogens with zero attached hydrogens (tertiary/aromatic N) is 1. The van der Waals surface area contributed by atoms with Crippen LogP contribution in [0.3, 0.4) is 0 Å². The van der Waals surface area contributed by atoms with Crippen LogP contribution in [-0.2, 0) is 0 Å². The van der Waals surface area contributed by atoms with Gasteiger partial charge in [0.2, 0.25) is 5.88 Å². The second-order valence-electron chi connectivity index (χ2n) is 4.51. The molecule has 5 heteroatoms. The van der Waals surface area contributed by atoms with E-state index in [1.165, 1.54) is 4.90 Å². The molecule has 0 radical (unpaired) electrons. The Labute approximate surface area is 135 Å². The molecule has 3 rings (SSSR count). The van der Waals surface area contributed by atoms with Crippen LogP contribution in [0.2, 0.25) is 0 Å². The normalized spacial score (nSPS) is 10.8. The predicted octanol–water partition coefficient (Wildman–Crippen LogP) is 5.08. The third-order valence-corrected chi connectivity index (χ3v) is 4.43. The summed E-state index contributed by atoms with van der Waals surface area (Å²) in [6.45, 7) is 0. The van der Waals surface area contributed by atoms with Crippen LogP contribution in [0.4, 0.5) is 5.88 Å². The summed E-state index contributed by atoms with van der Waals surface area (Å²) >= 11 is 5.18. The SMILES string of the molecule is CSc1ccc(-c2noc(N)c2-c2cccc(Br)c2)cc1. The fourth-order valence-corrected chi connectivity index (χ4v) is 2.98. The van der Waals surface area contributed by atoms with Crippen molar-refractivity contribution in [2.24, 2.45) is 0 Å². The van der Waals surface area contributed by atoms with Crippen LogP contribution >= 0.6 is 27.7 Å². The van der Waals surface area contributed by atoms with Gasteiger partial charge in [0, 0.05) is 14.9 Å². The van der Waals surface area contributed by atoms with Gasteiger partial charge in [-0.15, -0.1) is 11.8 Å². The number of rotatable bonds is 3. The van der Waals surface area contributed by atoms with E-state index in [2.05, 4.69) is 39.5 Å². The van der Waals surface area contributed by atoms with Crippen LogP contribution in [0, 0.1) is 0 Å². The van der Waals surface area contributed by atoms with Gasteiger partial charge in [0.05, 0.1) is 5.56 Å². The highest BCUT2D eigenvalue weighted by Gasteiger charge is 2.17. The van der Waals surface area contributed by atoms with Crippen molar-refractivity contribution >= 4 is 33.6 Å². The molecule has 0 aliphatic heterocycles. The first-order valence-corrected chi connectivity index (χ1v) is 8.36. The Kier molecular flexibility index (Phi) is 4.03. The van der Waals surface area contributed by atoms with Crippen molar-refractivity contribution in [2.45, 2.75) is 4.90 Å².